The third-order valence-electron chi connectivity index (χ3n) is 9.38. The molecule has 1 heterocycles. The van der Waals surface area contributed by atoms with Crippen LogP contribution in [0.15, 0.2) is 82.9 Å². The number of rotatable bonds is 16. The Morgan fingerprint density at radius 3 is 2.60 bits per heavy atom. The Balaban J connectivity index is 1.72. The van der Waals surface area contributed by atoms with Crippen molar-refractivity contribution in [2.24, 2.45) is 22.9 Å². The van der Waals surface area contributed by atoms with E-state index in [1.807, 2.05) is 37.3 Å². The number of nitrogens with one attached hydrogen (secondary N) is 1. The van der Waals surface area contributed by atoms with E-state index < -0.39 is 11.9 Å². The molecule has 9 nitrogen and oxygen atoms in total. The van der Waals surface area contributed by atoms with Crippen LogP contribution in [0.4, 0.5) is 4.79 Å². The predicted octanol–water partition coefficient (Wildman–Crippen LogP) is 6.85. The van der Waals surface area contributed by atoms with Crippen molar-refractivity contribution in [1.29, 1.82) is 0 Å². The fourth-order valence-corrected chi connectivity index (χ4v) is 8.86. The number of aliphatic hydroxyl groups is 2. The summed E-state index contributed by atoms with van der Waals surface area (Å²) in [6, 6.07) is 15.9. The number of nitrogens with zero attached hydrogens (tertiary/aromatic N) is 1. The van der Waals surface area contributed by atoms with Gasteiger partial charge in [0.05, 0.1) is 23.5 Å². The lowest BCUT2D eigenvalue weighted by atomic mass is 9.56. The summed E-state index contributed by atoms with van der Waals surface area (Å²) in [5.74, 6) is 0.0639. The zero-order chi connectivity index (χ0) is 33.2. The third kappa shape index (κ3) is 7.72. The summed E-state index contributed by atoms with van der Waals surface area (Å²) in [5.41, 5.74) is 2.89. The van der Waals surface area contributed by atoms with Crippen molar-refractivity contribution in [3.8, 4) is 11.5 Å². The van der Waals surface area contributed by atoms with Crippen LogP contribution in [0.1, 0.15) is 63.4 Å². The summed E-state index contributed by atoms with van der Waals surface area (Å²) in [4.78, 5) is 19.1. The molecule has 254 valence electrons. The van der Waals surface area contributed by atoms with Crippen molar-refractivity contribution >= 4 is 23.6 Å². The largest absolute Gasteiger partial charge is 0.460 e. The maximum Gasteiger partial charge on any atom is 0.412 e. The van der Waals surface area contributed by atoms with E-state index in [9.17, 15) is 15.0 Å². The lowest BCUT2D eigenvalue weighted by molar-refractivity contribution is -0.223. The molecule has 10 heteroatoms. The van der Waals surface area contributed by atoms with Gasteiger partial charge in [0.25, 0.3) is 0 Å². The number of unbranched alkanes of at least 4 members (excludes halogenated alkanes) is 2. The second kappa shape index (κ2) is 16.7. The van der Waals surface area contributed by atoms with Gasteiger partial charge in [-0.05, 0) is 80.3 Å². The number of ether oxygens (including phenoxy) is 3. The molecule has 0 spiro atoms. The van der Waals surface area contributed by atoms with Crippen LogP contribution < -0.4 is 14.8 Å². The van der Waals surface area contributed by atoms with Crippen molar-refractivity contribution in [2.75, 3.05) is 33.5 Å². The van der Waals surface area contributed by atoms with E-state index in [1.54, 1.807) is 31.0 Å². The van der Waals surface area contributed by atoms with Crippen molar-refractivity contribution < 1.29 is 34.1 Å². The quantitative estimate of drug-likeness (QED) is 0.101. The number of aliphatic hydroxyl groups excluding tert-OH is 2. The molecule has 2 aliphatic carbocycles. The van der Waals surface area contributed by atoms with E-state index >= 15 is 0 Å². The fraction of sp³-hybridized carbons (Fsp3) is 0.514. The van der Waals surface area contributed by atoms with E-state index in [0.717, 1.165) is 53.8 Å². The lowest BCUT2D eigenvalue weighted by Crippen LogP contribution is -2.64. The first-order valence-corrected chi connectivity index (χ1v) is 17.7. The number of benzene rings is 2. The number of allylic oxidation sites excluding steroid dienone is 1. The second-order valence-corrected chi connectivity index (χ2v) is 13.6. The van der Waals surface area contributed by atoms with Crippen LogP contribution in [0.2, 0.25) is 0 Å². The van der Waals surface area contributed by atoms with E-state index in [4.69, 9.17) is 19.0 Å². The first kappa shape index (κ1) is 35.0. The van der Waals surface area contributed by atoms with E-state index in [1.165, 1.54) is 0 Å². The predicted molar refractivity (Wildman–Crippen MR) is 184 cm³/mol. The highest BCUT2D eigenvalue weighted by molar-refractivity contribution is 8.00. The van der Waals surface area contributed by atoms with Gasteiger partial charge in [-0.25, -0.2) is 4.79 Å². The molecule has 3 aliphatic rings. The number of amides is 1. The van der Waals surface area contributed by atoms with Crippen LogP contribution in [0, 0.1) is 17.8 Å². The summed E-state index contributed by atoms with van der Waals surface area (Å²) in [6.07, 6.45) is 9.11. The smallest absolute Gasteiger partial charge is 0.412 e. The maximum absolute atomic E-state index is 12.5. The molecule has 2 aromatic carbocycles. The molecule has 6 atom stereocenters. The van der Waals surface area contributed by atoms with Crippen LogP contribution >= 0.6 is 11.8 Å². The molecule has 1 amide bonds. The average molecular weight is 665 g/mol. The Hall–Kier alpha value is -3.31. The molecule has 5 rings (SSSR count). The first-order chi connectivity index (χ1) is 23.0. The highest BCUT2D eigenvalue weighted by Crippen LogP contribution is 2.63. The summed E-state index contributed by atoms with van der Waals surface area (Å²) in [7, 11) is 1.58. The van der Waals surface area contributed by atoms with Crippen LogP contribution in [0.25, 0.3) is 0 Å². The van der Waals surface area contributed by atoms with E-state index in [2.05, 4.69) is 35.3 Å². The Kier molecular flexibility index (Phi) is 12.4. The molecule has 0 radical (unpaired) electrons. The Bertz CT molecular complexity index is 1420. The lowest BCUT2D eigenvalue weighted by Gasteiger charge is -2.58. The number of thioether (sulfide) groups is 1. The molecule has 1 saturated carbocycles. The molecule has 0 aromatic heterocycles. The number of hydrogen-bond acceptors (Lipinski definition) is 9. The summed E-state index contributed by atoms with van der Waals surface area (Å²) < 4.78 is 19.7. The third-order valence-corrected chi connectivity index (χ3v) is 10.7. The molecular formula is C37H48N2O7S. The average Bonchev–Trinajstić information content (AvgIpc) is 3.07. The molecule has 1 aliphatic heterocycles. The van der Waals surface area contributed by atoms with Gasteiger partial charge in [0, 0.05) is 42.6 Å². The molecule has 0 bridgehead atoms. The van der Waals surface area contributed by atoms with Crippen LogP contribution in [-0.2, 0) is 9.57 Å². The monoisotopic (exact) mass is 664 g/mol. The number of hydrogen-bond donors (Lipinski definition) is 3. The number of fused-ring (bicyclic) bond motifs is 2. The van der Waals surface area contributed by atoms with Crippen molar-refractivity contribution in [2.45, 2.75) is 73.7 Å². The summed E-state index contributed by atoms with van der Waals surface area (Å²) >= 11 is 1.71. The van der Waals surface area contributed by atoms with Crippen molar-refractivity contribution in [3.63, 3.8) is 0 Å². The molecule has 1 fully saturated rings. The molecule has 0 unspecified atom stereocenters. The SMILES string of the molecule is C=CCO[C@@]12Oc3ccc(OC(=O)NCC)cc3[C@H]3[C@H](CCCCO)[C@@H](CCCCO)C=C(C(=NOC)C[C@@H]1Sc1ccccc1)[C@H]32. The minimum Gasteiger partial charge on any atom is -0.460 e. The van der Waals surface area contributed by atoms with Gasteiger partial charge in [0.2, 0.25) is 5.79 Å². The normalized spacial score (nSPS) is 26.8. The van der Waals surface area contributed by atoms with Gasteiger partial charge in [-0.2, -0.15) is 0 Å². The molecule has 3 N–H and O–H groups in total. The highest BCUT2D eigenvalue weighted by atomic mass is 32.2. The number of carbonyl (C=O) groups is 1. The van der Waals surface area contributed by atoms with Crippen molar-refractivity contribution in [1.82, 2.24) is 5.32 Å². The Labute approximate surface area is 282 Å². The summed E-state index contributed by atoms with van der Waals surface area (Å²) in [6.45, 7) is 6.86. The molecule has 47 heavy (non-hydrogen) atoms. The van der Waals surface area contributed by atoms with E-state index in [0.29, 0.717) is 37.5 Å². The molecule has 2 aromatic rings. The van der Waals surface area contributed by atoms with Gasteiger partial charge in [0.1, 0.15) is 18.6 Å². The fourth-order valence-electron chi connectivity index (χ4n) is 7.55. The minimum absolute atomic E-state index is 0.0830. The number of carbonyl (C=O) groups excluding carboxylic acids is 1. The zero-order valence-electron chi connectivity index (χ0n) is 27.4. The van der Waals surface area contributed by atoms with Crippen LogP contribution in [0.5, 0.6) is 11.5 Å². The molecular weight excluding hydrogens is 616 g/mol. The summed E-state index contributed by atoms with van der Waals surface area (Å²) in [5, 5.41) is 26.5. The Morgan fingerprint density at radius 1 is 1.13 bits per heavy atom. The van der Waals surface area contributed by atoms with Crippen molar-refractivity contribution in [3.05, 3.63) is 78.4 Å². The topological polar surface area (TPSA) is 119 Å². The molecule has 0 saturated heterocycles. The highest BCUT2D eigenvalue weighted by Gasteiger charge is 2.64. The zero-order valence-corrected chi connectivity index (χ0v) is 28.3. The first-order valence-electron chi connectivity index (χ1n) is 16.8. The minimum atomic E-state index is -1.07. The maximum atomic E-state index is 12.5. The number of oxime groups is 1. The Morgan fingerprint density at radius 2 is 1.89 bits per heavy atom. The second-order valence-electron chi connectivity index (χ2n) is 12.3. The van der Waals surface area contributed by atoms with Gasteiger partial charge < -0.3 is 34.6 Å². The van der Waals surface area contributed by atoms with Gasteiger partial charge in [-0.3, -0.25) is 0 Å². The standard InChI is InChI=1S/C37H48N2O7S/c1-4-21-44-37-33(47-27-14-7-6-8-15-27)24-31(39-43-3)29-22-25(13-9-11-19-40)28(16-10-12-20-41)34(35(29)37)30-23-26(17-18-32(30)46-37)45-36(42)38-5-2/h4,6-8,14-15,17-18,22-23,25,28,33-35,40-41H,1,5,9-13,16,19-21,24H2,2-3H3,(H,38,42)/t25-,28+,33-,34+,35+,37+/m0/s1. The van der Waals surface area contributed by atoms with Gasteiger partial charge in [0.15, 0.2) is 0 Å². The van der Waals surface area contributed by atoms with Crippen LogP contribution in [-0.4, -0.2) is 66.5 Å². The van der Waals surface area contributed by atoms with Crippen LogP contribution in [0.3, 0.4) is 0 Å². The van der Waals surface area contributed by atoms with Gasteiger partial charge in [-0.1, -0.05) is 48.3 Å². The van der Waals surface area contributed by atoms with Gasteiger partial charge >= 0.3 is 6.09 Å². The van der Waals surface area contributed by atoms with Gasteiger partial charge in [-0.15, -0.1) is 18.3 Å². The van der Waals surface area contributed by atoms with E-state index in [-0.39, 0.29) is 42.1 Å².